The summed E-state index contributed by atoms with van der Waals surface area (Å²) in [5, 5.41) is 0. The molecule has 0 aromatic rings. The third-order valence-electron chi connectivity index (χ3n) is 2.15. The first-order chi connectivity index (χ1) is 6.76. The number of carbonyl (C=O) groups excluding carboxylic acids is 1. The molecule has 15 heavy (non-hydrogen) atoms. The lowest BCUT2D eigenvalue weighted by Gasteiger charge is -2.23. The van der Waals surface area contributed by atoms with Crippen LogP contribution >= 0.6 is 0 Å². The van der Waals surface area contributed by atoms with E-state index in [0.717, 1.165) is 12.8 Å². The van der Waals surface area contributed by atoms with Gasteiger partial charge in [0.1, 0.15) is 11.6 Å². The van der Waals surface area contributed by atoms with Crippen molar-refractivity contribution in [2.45, 2.75) is 65.5 Å². The second kappa shape index (κ2) is 6.11. The van der Waals surface area contributed by atoms with E-state index in [-0.39, 0.29) is 5.97 Å². The largest absolute Gasteiger partial charge is 0.459 e. The number of esters is 1. The van der Waals surface area contributed by atoms with Crippen LogP contribution in [0, 0.1) is 5.92 Å². The number of carbonyl (C=O) groups is 1. The zero-order chi connectivity index (χ0) is 12.1. The Balaban J connectivity index is 3.99. The molecule has 90 valence electrons. The van der Waals surface area contributed by atoms with Gasteiger partial charge in [-0.3, -0.25) is 4.79 Å². The maximum Gasteiger partial charge on any atom is 0.323 e. The molecule has 2 N–H and O–H groups in total. The maximum atomic E-state index is 11.6. The molecule has 0 aliphatic heterocycles. The third kappa shape index (κ3) is 7.37. The van der Waals surface area contributed by atoms with Gasteiger partial charge in [0.15, 0.2) is 0 Å². The van der Waals surface area contributed by atoms with Gasteiger partial charge in [0.2, 0.25) is 0 Å². The normalized spacial score (nSPS) is 15.9. The van der Waals surface area contributed by atoms with Crippen LogP contribution in [0.15, 0.2) is 0 Å². The maximum absolute atomic E-state index is 11.6. The molecule has 0 aliphatic rings. The molecular weight excluding hydrogens is 190 g/mol. The number of hydrogen-bond donors (Lipinski definition) is 1. The number of ether oxygens (including phenoxy) is 1. The quantitative estimate of drug-likeness (QED) is 0.717. The molecule has 0 fully saturated rings. The van der Waals surface area contributed by atoms with E-state index in [1.54, 1.807) is 0 Å². The van der Waals surface area contributed by atoms with Crippen molar-refractivity contribution in [1.29, 1.82) is 0 Å². The molecule has 0 bridgehead atoms. The van der Waals surface area contributed by atoms with E-state index in [1.807, 2.05) is 20.8 Å². The fourth-order valence-corrected chi connectivity index (χ4v) is 1.52. The van der Waals surface area contributed by atoms with Crippen LogP contribution in [0.5, 0.6) is 0 Å². The highest BCUT2D eigenvalue weighted by atomic mass is 16.6. The van der Waals surface area contributed by atoms with Gasteiger partial charge in [-0.05, 0) is 33.1 Å². The molecule has 0 aliphatic carbocycles. The summed E-state index contributed by atoms with van der Waals surface area (Å²) in [6.45, 7) is 9.82. The fraction of sp³-hybridized carbons (Fsp3) is 0.917. The Morgan fingerprint density at radius 3 is 2.33 bits per heavy atom. The van der Waals surface area contributed by atoms with Crippen molar-refractivity contribution in [1.82, 2.24) is 0 Å². The van der Waals surface area contributed by atoms with Crippen molar-refractivity contribution < 1.29 is 9.53 Å². The van der Waals surface area contributed by atoms with Crippen molar-refractivity contribution in [3.63, 3.8) is 0 Å². The Kier molecular flexibility index (Phi) is 5.88. The van der Waals surface area contributed by atoms with Gasteiger partial charge in [-0.25, -0.2) is 0 Å². The van der Waals surface area contributed by atoms with E-state index in [9.17, 15) is 4.79 Å². The molecule has 0 saturated carbocycles. The molecule has 0 saturated heterocycles. The van der Waals surface area contributed by atoms with Crippen LogP contribution in [0.4, 0.5) is 0 Å². The first kappa shape index (κ1) is 14.4. The van der Waals surface area contributed by atoms with Gasteiger partial charge in [-0.2, -0.15) is 0 Å². The van der Waals surface area contributed by atoms with Crippen LogP contribution in [-0.2, 0) is 9.53 Å². The summed E-state index contributed by atoms with van der Waals surface area (Å²) in [4.78, 5) is 11.6. The van der Waals surface area contributed by atoms with E-state index in [4.69, 9.17) is 10.5 Å². The van der Waals surface area contributed by atoms with Crippen molar-refractivity contribution in [2.75, 3.05) is 0 Å². The minimum absolute atomic E-state index is 0.287. The van der Waals surface area contributed by atoms with E-state index in [0.29, 0.717) is 12.3 Å². The lowest BCUT2D eigenvalue weighted by Crippen LogP contribution is -2.38. The van der Waals surface area contributed by atoms with Crippen molar-refractivity contribution >= 4 is 5.97 Å². The molecule has 0 radical (unpaired) electrons. The van der Waals surface area contributed by atoms with Crippen molar-refractivity contribution in [3.05, 3.63) is 0 Å². The Morgan fingerprint density at radius 2 is 1.93 bits per heavy atom. The van der Waals surface area contributed by atoms with Crippen LogP contribution in [-0.4, -0.2) is 17.6 Å². The number of nitrogens with two attached hydrogens (primary N) is 1. The molecule has 0 heterocycles. The Hall–Kier alpha value is -0.570. The lowest BCUT2D eigenvalue weighted by atomic mass is 9.97. The highest BCUT2D eigenvalue weighted by molar-refractivity contribution is 5.75. The minimum Gasteiger partial charge on any atom is -0.459 e. The molecule has 0 spiro atoms. The van der Waals surface area contributed by atoms with Gasteiger partial charge < -0.3 is 10.5 Å². The van der Waals surface area contributed by atoms with E-state index in [2.05, 4.69) is 13.8 Å². The molecule has 2 atom stereocenters. The average molecular weight is 215 g/mol. The van der Waals surface area contributed by atoms with Gasteiger partial charge in [0, 0.05) is 0 Å². The van der Waals surface area contributed by atoms with E-state index >= 15 is 0 Å². The van der Waals surface area contributed by atoms with Crippen LogP contribution in [0.2, 0.25) is 0 Å². The fourth-order valence-electron chi connectivity index (χ4n) is 1.52. The average Bonchev–Trinajstić information content (AvgIpc) is 2.00. The first-order valence-electron chi connectivity index (χ1n) is 5.74. The lowest BCUT2D eigenvalue weighted by molar-refractivity contribution is -0.156. The molecule has 0 rings (SSSR count). The summed E-state index contributed by atoms with van der Waals surface area (Å²) in [5.41, 5.74) is 5.34. The molecule has 2 unspecified atom stereocenters. The molecule has 3 heteroatoms. The van der Waals surface area contributed by atoms with Gasteiger partial charge in [0.05, 0.1) is 0 Å². The SMILES string of the molecule is CCCC(C)CC(N)C(=O)OC(C)(C)C. The van der Waals surface area contributed by atoms with Gasteiger partial charge in [0.25, 0.3) is 0 Å². The van der Waals surface area contributed by atoms with Gasteiger partial charge in [-0.15, -0.1) is 0 Å². The predicted octanol–water partition coefficient (Wildman–Crippen LogP) is 2.48. The number of rotatable bonds is 5. The molecular formula is C12H25NO2. The summed E-state index contributed by atoms with van der Waals surface area (Å²) in [6, 6.07) is -0.481. The highest BCUT2D eigenvalue weighted by Crippen LogP contribution is 2.14. The summed E-state index contributed by atoms with van der Waals surface area (Å²) < 4.78 is 5.21. The monoisotopic (exact) mass is 215 g/mol. The molecule has 0 aromatic heterocycles. The predicted molar refractivity (Wildman–Crippen MR) is 62.5 cm³/mol. The van der Waals surface area contributed by atoms with Crippen LogP contribution in [0.3, 0.4) is 0 Å². The Bertz CT molecular complexity index is 196. The summed E-state index contributed by atoms with van der Waals surface area (Å²) in [5.74, 6) is 0.197. The first-order valence-corrected chi connectivity index (χ1v) is 5.74. The second-order valence-electron chi connectivity index (χ2n) is 5.27. The minimum atomic E-state index is -0.481. The van der Waals surface area contributed by atoms with Crippen molar-refractivity contribution in [2.24, 2.45) is 11.7 Å². The zero-order valence-corrected chi connectivity index (χ0v) is 10.7. The molecule has 3 nitrogen and oxygen atoms in total. The summed E-state index contributed by atoms with van der Waals surface area (Å²) in [7, 11) is 0. The van der Waals surface area contributed by atoms with E-state index in [1.165, 1.54) is 0 Å². The second-order valence-corrected chi connectivity index (χ2v) is 5.27. The van der Waals surface area contributed by atoms with Crippen LogP contribution in [0.1, 0.15) is 53.9 Å². The molecule has 0 aromatic carbocycles. The zero-order valence-electron chi connectivity index (χ0n) is 10.7. The Morgan fingerprint density at radius 1 is 1.40 bits per heavy atom. The Labute approximate surface area is 93.4 Å². The van der Waals surface area contributed by atoms with Gasteiger partial charge >= 0.3 is 5.97 Å². The summed E-state index contributed by atoms with van der Waals surface area (Å²) >= 11 is 0. The highest BCUT2D eigenvalue weighted by Gasteiger charge is 2.23. The van der Waals surface area contributed by atoms with Crippen molar-refractivity contribution in [3.8, 4) is 0 Å². The third-order valence-corrected chi connectivity index (χ3v) is 2.15. The van der Waals surface area contributed by atoms with Gasteiger partial charge in [-0.1, -0.05) is 26.7 Å². The van der Waals surface area contributed by atoms with E-state index < -0.39 is 11.6 Å². The van der Waals surface area contributed by atoms with Crippen LogP contribution in [0.25, 0.3) is 0 Å². The number of hydrogen-bond acceptors (Lipinski definition) is 3. The molecule has 0 amide bonds. The summed E-state index contributed by atoms with van der Waals surface area (Å²) in [6.07, 6.45) is 2.95. The topological polar surface area (TPSA) is 52.3 Å². The standard InChI is InChI=1S/C12H25NO2/c1-6-7-9(2)8-10(13)11(14)15-12(3,4)5/h9-10H,6-8,13H2,1-5H3. The van der Waals surface area contributed by atoms with Crippen LogP contribution < -0.4 is 5.73 Å². The smallest absolute Gasteiger partial charge is 0.323 e.